The molecule has 0 aliphatic heterocycles. The lowest BCUT2D eigenvalue weighted by Gasteiger charge is -2.08. The summed E-state index contributed by atoms with van der Waals surface area (Å²) < 4.78 is 38.5. The molecule has 0 fully saturated rings. The average molecular weight is 341 g/mol. The van der Waals surface area contributed by atoms with Crippen molar-refractivity contribution in [3.63, 3.8) is 0 Å². The molecule has 1 rings (SSSR count). The van der Waals surface area contributed by atoms with Gasteiger partial charge < -0.3 is 4.74 Å². The second-order valence-electron chi connectivity index (χ2n) is 4.73. The minimum atomic E-state index is -4.60. The Bertz CT molecular complexity index is 494. The largest absolute Gasteiger partial charge is 0.573 e. The van der Waals surface area contributed by atoms with Crippen molar-refractivity contribution < 1.29 is 17.9 Å². The van der Waals surface area contributed by atoms with Crippen molar-refractivity contribution in [2.24, 2.45) is 4.99 Å². The van der Waals surface area contributed by atoms with Crippen molar-refractivity contribution in [2.45, 2.75) is 53.8 Å². The topological polar surface area (TPSA) is 21.6 Å². The highest BCUT2D eigenvalue weighted by molar-refractivity contribution is 6.33. The van der Waals surface area contributed by atoms with Gasteiger partial charge in [0, 0.05) is 13.3 Å². The standard InChI is InChI=1S/C8H14BN.C8H7F3O.C2H6/c1-4-5-7(2)8(9)6-10-3;1-6-2-4-7(5-3-6)12-8(9,10)11;1-2/h6H,4-5H2,1-3H3;2-5H,1H3;1-2H3/b8-7+,10-6?;;. The smallest absolute Gasteiger partial charge is 0.406 e. The first-order valence-corrected chi connectivity index (χ1v) is 7.89. The van der Waals surface area contributed by atoms with Crippen LogP contribution in [0.2, 0.25) is 0 Å². The summed E-state index contributed by atoms with van der Waals surface area (Å²) in [4.78, 5) is 3.83. The van der Waals surface area contributed by atoms with E-state index in [1.807, 2.05) is 20.8 Å². The second-order valence-corrected chi connectivity index (χ2v) is 4.73. The summed E-state index contributed by atoms with van der Waals surface area (Å²) in [6.45, 7) is 9.97. The fourth-order valence-electron chi connectivity index (χ4n) is 1.51. The van der Waals surface area contributed by atoms with Gasteiger partial charge in [-0.1, -0.05) is 55.9 Å². The second kappa shape index (κ2) is 13.7. The number of benzene rings is 1. The lowest BCUT2D eigenvalue weighted by molar-refractivity contribution is -0.274. The number of nitrogens with zero attached hydrogens (tertiary/aromatic N) is 1. The van der Waals surface area contributed by atoms with E-state index in [-0.39, 0.29) is 5.75 Å². The number of alkyl halides is 3. The number of hydrogen-bond acceptors (Lipinski definition) is 2. The Morgan fingerprint density at radius 3 is 2.08 bits per heavy atom. The first kappa shape index (κ1) is 24.5. The predicted octanol–water partition coefficient (Wildman–Crippen LogP) is 5.85. The van der Waals surface area contributed by atoms with Crippen LogP contribution in [-0.2, 0) is 0 Å². The van der Waals surface area contributed by atoms with Gasteiger partial charge in [-0.3, -0.25) is 4.99 Å². The van der Waals surface area contributed by atoms with Crippen LogP contribution in [0.15, 0.2) is 40.3 Å². The SMILES string of the molecule is CC.Cc1ccc(OC(F)(F)F)cc1.[B]/C(C=NC)=C(\C)CCC. The molecule has 0 atom stereocenters. The van der Waals surface area contributed by atoms with Crippen molar-refractivity contribution >= 4 is 14.1 Å². The maximum Gasteiger partial charge on any atom is 0.573 e. The van der Waals surface area contributed by atoms with Gasteiger partial charge in [0.2, 0.25) is 0 Å². The van der Waals surface area contributed by atoms with Crippen LogP contribution in [0.3, 0.4) is 0 Å². The number of ether oxygens (including phenoxy) is 1. The van der Waals surface area contributed by atoms with E-state index >= 15 is 0 Å². The molecular weight excluding hydrogens is 314 g/mol. The van der Waals surface area contributed by atoms with Crippen LogP contribution in [0.5, 0.6) is 5.75 Å². The van der Waals surface area contributed by atoms with E-state index in [2.05, 4.69) is 16.7 Å². The minimum Gasteiger partial charge on any atom is -0.406 e. The molecule has 0 aliphatic carbocycles. The molecular formula is C18H27BF3NO. The highest BCUT2D eigenvalue weighted by Crippen LogP contribution is 2.22. The summed E-state index contributed by atoms with van der Waals surface area (Å²) in [6, 6.07) is 5.67. The van der Waals surface area contributed by atoms with Crippen molar-refractivity contribution in [1.29, 1.82) is 0 Å². The normalized spacial score (nSPS) is 11.7. The summed E-state index contributed by atoms with van der Waals surface area (Å²) >= 11 is 0. The first-order chi connectivity index (χ1) is 11.2. The number of rotatable bonds is 4. The lowest BCUT2D eigenvalue weighted by atomic mass is 9.90. The number of aryl methyl sites for hydroxylation is 1. The van der Waals surface area contributed by atoms with E-state index in [9.17, 15) is 13.2 Å². The predicted molar refractivity (Wildman–Crippen MR) is 97.0 cm³/mol. The first-order valence-electron chi connectivity index (χ1n) is 7.89. The molecule has 2 radical (unpaired) electrons. The molecule has 0 aliphatic rings. The number of hydrogen-bond donors (Lipinski definition) is 0. The van der Waals surface area contributed by atoms with E-state index in [1.165, 1.54) is 17.7 Å². The zero-order chi connectivity index (χ0) is 19.2. The summed E-state index contributed by atoms with van der Waals surface area (Å²) in [7, 11) is 7.37. The molecule has 24 heavy (non-hydrogen) atoms. The maximum atomic E-state index is 11.6. The zero-order valence-corrected chi connectivity index (χ0v) is 15.4. The molecule has 0 aromatic heterocycles. The molecule has 0 heterocycles. The fourth-order valence-corrected chi connectivity index (χ4v) is 1.51. The third-order valence-electron chi connectivity index (χ3n) is 2.64. The molecule has 1 aromatic rings. The van der Waals surface area contributed by atoms with E-state index in [1.54, 1.807) is 32.3 Å². The summed E-state index contributed by atoms with van der Waals surface area (Å²) in [6.07, 6.45) is -0.692. The van der Waals surface area contributed by atoms with E-state index in [0.29, 0.717) is 0 Å². The molecule has 0 saturated carbocycles. The van der Waals surface area contributed by atoms with Gasteiger partial charge in [-0.15, -0.1) is 13.2 Å². The van der Waals surface area contributed by atoms with Gasteiger partial charge in [0.15, 0.2) is 0 Å². The molecule has 0 N–H and O–H groups in total. The van der Waals surface area contributed by atoms with Crippen molar-refractivity contribution in [3.05, 3.63) is 40.9 Å². The number of halogens is 3. The molecule has 134 valence electrons. The highest BCUT2D eigenvalue weighted by atomic mass is 19.4. The van der Waals surface area contributed by atoms with E-state index in [4.69, 9.17) is 7.85 Å². The van der Waals surface area contributed by atoms with Crippen LogP contribution < -0.4 is 4.74 Å². The Hall–Kier alpha value is -1.72. The lowest BCUT2D eigenvalue weighted by Crippen LogP contribution is -2.16. The zero-order valence-electron chi connectivity index (χ0n) is 15.4. The quantitative estimate of drug-likeness (QED) is 0.497. The van der Waals surface area contributed by atoms with Gasteiger partial charge in [-0.2, -0.15) is 0 Å². The molecule has 0 unspecified atom stereocenters. The van der Waals surface area contributed by atoms with Crippen LogP contribution in [0, 0.1) is 6.92 Å². The van der Waals surface area contributed by atoms with Crippen LogP contribution in [0.1, 0.15) is 46.1 Å². The fraction of sp³-hybridized carbons (Fsp3) is 0.500. The van der Waals surface area contributed by atoms with Crippen LogP contribution in [0.4, 0.5) is 13.2 Å². The molecule has 0 amide bonds. The summed E-state index contributed by atoms with van der Waals surface area (Å²) in [5.74, 6) is -0.187. The highest BCUT2D eigenvalue weighted by Gasteiger charge is 2.30. The molecule has 0 bridgehead atoms. The van der Waals surface area contributed by atoms with E-state index in [0.717, 1.165) is 23.9 Å². The Kier molecular flexibility index (Phi) is 14.0. The molecule has 2 nitrogen and oxygen atoms in total. The third-order valence-corrected chi connectivity index (χ3v) is 2.64. The summed E-state index contributed by atoms with van der Waals surface area (Å²) in [5.41, 5.74) is 2.93. The van der Waals surface area contributed by atoms with Crippen LogP contribution >= 0.6 is 0 Å². The van der Waals surface area contributed by atoms with Gasteiger partial charge in [0.25, 0.3) is 0 Å². The van der Waals surface area contributed by atoms with E-state index < -0.39 is 6.36 Å². The monoisotopic (exact) mass is 341 g/mol. The number of allylic oxidation sites excluding steroid dienone is 2. The molecule has 1 aromatic carbocycles. The average Bonchev–Trinajstić information content (AvgIpc) is 2.51. The number of aliphatic imine (C=N–C) groups is 1. The van der Waals surface area contributed by atoms with Crippen molar-refractivity contribution in [3.8, 4) is 5.75 Å². The Morgan fingerprint density at radius 1 is 1.21 bits per heavy atom. The Morgan fingerprint density at radius 2 is 1.71 bits per heavy atom. The maximum absolute atomic E-state index is 11.6. The molecule has 0 spiro atoms. The molecule has 0 saturated heterocycles. The van der Waals surface area contributed by atoms with Gasteiger partial charge in [0.05, 0.1) is 0 Å². The van der Waals surface area contributed by atoms with Gasteiger partial charge in [0.1, 0.15) is 13.6 Å². The van der Waals surface area contributed by atoms with Gasteiger partial charge in [-0.05, 0) is 32.4 Å². The third kappa shape index (κ3) is 13.9. The van der Waals surface area contributed by atoms with Gasteiger partial charge in [-0.25, -0.2) is 0 Å². The Labute approximate surface area is 145 Å². The van der Waals surface area contributed by atoms with Gasteiger partial charge >= 0.3 is 6.36 Å². The van der Waals surface area contributed by atoms with Crippen molar-refractivity contribution in [1.82, 2.24) is 0 Å². The minimum absolute atomic E-state index is 0.187. The Balaban J connectivity index is 0. The van der Waals surface area contributed by atoms with Crippen LogP contribution in [0.25, 0.3) is 0 Å². The summed E-state index contributed by atoms with van der Waals surface area (Å²) in [5, 5.41) is 0. The molecule has 6 heteroatoms. The van der Waals surface area contributed by atoms with Crippen LogP contribution in [-0.4, -0.2) is 27.5 Å². The van der Waals surface area contributed by atoms with Crippen molar-refractivity contribution in [2.75, 3.05) is 7.05 Å².